The third kappa shape index (κ3) is 3.74. The van der Waals surface area contributed by atoms with Crippen LogP contribution in [0.5, 0.6) is 0 Å². The van der Waals surface area contributed by atoms with Crippen molar-refractivity contribution in [2.45, 2.75) is 25.3 Å². The number of hydrogen-bond donors (Lipinski definition) is 0. The predicted octanol–water partition coefficient (Wildman–Crippen LogP) is 1.72. The van der Waals surface area contributed by atoms with Crippen LogP contribution in [0.3, 0.4) is 0 Å². The molecule has 1 aromatic carbocycles. The summed E-state index contributed by atoms with van der Waals surface area (Å²) in [4.78, 5) is 11.3. The average molecular weight is 411 g/mol. The van der Waals surface area contributed by atoms with Gasteiger partial charge in [-0.25, -0.2) is 18.4 Å². The first kappa shape index (κ1) is 19.5. The Morgan fingerprint density at radius 2 is 1.83 bits per heavy atom. The van der Waals surface area contributed by atoms with Gasteiger partial charge < -0.3 is 0 Å². The molecule has 2 aromatic heterocycles. The Labute approximate surface area is 170 Å². The standard InChI is InChI=1S/C20H22N6O2S/c1-15-11-16(2)26-14-18(23-20(26)22-15)13-24-7-9-25(10-8-24)29(27,28)19-6-4-3-5-17(19)12-21/h3-6,11,14H,7-10,13H2,1-2H3. The van der Waals surface area contributed by atoms with Crippen molar-refractivity contribution in [3.05, 3.63) is 59.2 Å². The topological polar surface area (TPSA) is 94.6 Å². The van der Waals surface area contributed by atoms with Crippen LogP contribution in [0.25, 0.3) is 5.78 Å². The molecule has 0 amide bonds. The summed E-state index contributed by atoms with van der Waals surface area (Å²) >= 11 is 0. The van der Waals surface area contributed by atoms with Crippen molar-refractivity contribution in [1.82, 2.24) is 23.6 Å². The summed E-state index contributed by atoms with van der Waals surface area (Å²) in [5.74, 6) is 0.687. The number of imidazole rings is 1. The summed E-state index contributed by atoms with van der Waals surface area (Å²) in [5.41, 5.74) is 3.11. The van der Waals surface area contributed by atoms with Crippen molar-refractivity contribution in [3.63, 3.8) is 0 Å². The molecule has 0 bridgehead atoms. The van der Waals surface area contributed by atoms with Crippen molar-refractivity contribution in [1.29, 1.82) is 5.26 Å². The smallest absolute Gasteiger partial charge is 0.244 e. The summed E-state index contributed by atoms with van der Waals surface area (Å²) in [7, 11) is -3.68. The fourth-order valence-electron chi connectivity index (χ4n) is 3.67. The minimum atomic E-state index is -3.68. The third-order valence-electron chi connectivity index (χ3n) is 5.15. The van der Waals surface area contributed by atoms with E-state index in [-0.39, 0.29) is 10.5 Å². The maximum absolute atomic E-state index is 13.0. The highest BCUT2D eigenvalue weighted by molar-refractivity contribution is 7.89. The fraction of sp³-hybridized carbons (Fsp3) is 0.350. The molecule has 8 nitrogen and oxygen atoms in total. The monoisotopic (exact) mass is 410 g/mol. The highest BCUT2D eigenvalue weighted by Crippen LogP contribution is 2.21. The number of piperazine rings is 1. The van der Waals surface area contributed by atoms with Crippen LogP contribution in [0, 0.1) is 25.2 Å². The predicted molar refractivity (Wildman–Crippen MR) is 108 cm³/mol. The maximum Gasteiger partial charge on any atom is 0.244 e. The highest BCUT2D eigenvalue weighted by Gasteiger charge is 2.30. The summed E-state index contributed by atoms with van der Waals surface area (Å²) in [6, 6.07) is 10.3. The summed E-state index contributed by atoms with van der Waals surface area (Å²) < 4.78 is 29.3. The van der Waals surface area contributed by atoms with Gasteiger partial charge >= 0.3 is 0 Å². The quantitative estimate of drug-likeness (QED) is 0.650. The number of nitrogens with zero attached hydrogens (tertiary/aromatic N) is 6. The van der Waals surface area contributed by atoms with E-state index in [4.69, 9.17) is 0 Å². The van der Waals surface area contributed by atoms with Crippen LogP contribution in [-0.4, -0.2) is 58.2 Å². The van der Waals surface area contributed by atoms with E-state index in [1.54, 1.807) is 12.1 Å². The second kappa shape index (κ2) is 7.55. The Kier molecular flexibility index (Phi) is 5.08. The molecule has 1 aliphatic heterocycles. The SMILES string of the molecule is Cc1cc(C)n2cc(CN3CCN(S(=O)(=O)c4ccccc4C#N)CC3)nc2n1. The first-order valence-corrected chi connectivity index (χ1v) is 10.9. The number of sulfonamides is 1. The Bertz CT molecular complexity index is 1200. The van der Waals surface area contributed by atoms with Gasteiger partial charge in [0.05, 0.1) is 16.2 Å². The van der Waals surface area contributed by atoms with Gasteiger partial charge in [-0.05, 0) is 32.0 Å². The fourth-order valence-corrected chi connectivity index (χ4v) is 5.24. The molecule has 3 aromatic rings. The van der Waals surface area contributed by atoms with Crippen molar-refractivity contribution in [2.75, 3.05) is 26.2 Å². The number of fused-ring (bicyclic) bond motifs is 1. The van der Waals surface area contributed by atoms with Gasteiger partial charge in [0.1, 0.15) is 6.07 Å². The summed E-state index contributed by atoms with van der Waals surface area (Å²) in [6.07, 6.45) is 1.99. The van der Waals surface area contributed by atoms with E-state index in [9.17, 15) is 13.7 Å². The van der Waals surface area contributed by atoms with Crippen LogP contribution >= 0.6 is 0 Å². The van der Waals surface area contributed by atoms with Crippen LogP contribution < -0.4 is 0 Å². The molecule has 0 saturated carbocycles. The lowest BCUT2D eigenvalue weighted by Gasteiger charge is -2.33. The van der Waals surface area contributed by atoms with Gasteiger partial charge in [-0.3, -0.25) is 9.30 Å². The molecule has 0 radical (unpaired) electrons. The third-order valence-corrected chi connectivity index (χ3v) is 7.11. The molecule has 4 rings (SSSR count). The molecule has 0 aliphatic carbocycles. The van der Waals surface area contributed by atoms with Gasteiger partial charge in [-0.2, -0.15) is 9.57 Å². The lowest BCUT2D eigenvalue weighted by atomic mass is 10.2. The molecule has 0 atom stereocenters. The zero-order valence-corrected chi connectivity index (χ0v) is 17.2. The molecule has 1 aliphatic rings. The molecule has 0 spiro atoms. The number of benzene rings is 1. The number of hydrogen-bond acceptors (Lipinski definition) is 6. The van der Waals surface area contributed by atoms with E-state index in [2.05, 4.69) is 14.9 Å². The first-order chi connectivity index (χ1) is 13.9. The van der Waals surface area contributed by atoms with Gasteiger partial charge in [0.25, 0.3) is 0 Å². The number of aromatic nitrogens is 3. The van der Waals surface area contributed by atoms with E-state index < -0.39 is 10.0 Å². The second-order valence-electron chi connectivity index (χ2n) is 7.23. The highest BCUT2D eigenvalue weighted by atomic mass is 32.2. The minimum absolute atomic E-state index is 0.0771. The van der Waals surface area contributed by atoms with Crippen LogP contribution in [-0.2, 0) is 16.6 Å². The second-order valence-corrected chi connectivity index (χ2v) is 9.14. The van der Waals surface area contributed by atoms with Crippen molar-refractivity contribution in [2.24, 2.45) is 0 Å². The summed E-state index contributed by atoms with van der Waals surface area (Å²) in [6.45, 7) is 6.59. The van der Waals surface area contributed by atoms with E-state index in [1.165, 1.54) is 16.4 Å². The van der Waals surface area contributed by atoms with Gasteiger partial charge in [0.2, 0.25) is 15.8 Å². The molecular formula is C20H22N6O2S. The summed E-state index contributed by atoms with van der Waals surface area (Å²) in [5, 5.41) is 9.23. The van der Waals surface area contributed by atoms with E-state index >= 15 is 0 Å². The van der Waals surface area contributed by atoms with Crippen molar-refractivity contribution < 1.29 is 8.42 Å². The lowest BCUT2D eigenvalue weighted by molar-refractivity contribution is 0.180. The lowest BCUT2D eigenvalue weighted by Crippen LogP contribution is -2.48. The van der Waals surface area contributed by atoms with E-state index in [0.29, 0.717) is 38.5 Å². The minimum Gasteiger partial charge on any atom is -0.295 e. The normalized spacial score (nSPS) is 16.2. The zero-order chi connectivity index (χ0) is 20.6. The molecule has 150 valence electrons. The Morgan fingerprint density at radius 3 is 2.55 bits per heavy atom. The van der Waals surface area contributed by atoms with E-state index in [0.717, 1.165) is 17.1 Å². The molecular weight excluding hydrogens is 388 g/mol. The average Bonchev–Trinajstić information content (AvgIpc) is 3.11. The number of nitriles is 1. The maximum atomic E-state index is 13.0. The van der Waals surface area contributed by atoms with Gasteiger partial charge in [0.15, 0.2) is 0 Å². The molecule has 9 heteroatoms. The molecule has 0 N–H and O–H groups in total. The van der Waals surface area contributed by atoms with Gasteiger partial charge in [-0.15, -0.1) is 0 Å². The molecule has 1 fully saturated rings. The van der Waals surface area contributed by atoms with Crippen LogP contribution in [0.4, 0.5) is 0 Å². The van der Waals surface area contributed by atoms with Crippen LogP contribution in [0.1, 0.15) is 22.6 Å². The Morgan fingerprint density at radius 1 is 1.10 bits per heavy atom. The van der Waals surface area contributed by atoms with Crippen molar-refractivity contribution in [3.8, 4) is 6.07 Å². The Hall–Kier alpha value is -2.80. The van der Waals surface area contributed by atoms with Crippen LogP contribution in [0.15, 0.2) is 41.4 Å². The first-order valence-electron chi connectivity index (χ1n) is 9.42. The molecule has 29 heavy (non-hydrogen) atoms. The van der Waals surface area contributed by atoms with Crippen LogP contribution in [0.2, 0.25) is 0 Å². The number of aryl methyl sites for hydroxylation is 2. The zero-order valence-electron chi connectivity index (χ0n) is 16.4. The molecule has 1 saturated heterocycles. The van der Waals surface area contributed by atoms with Gasteiger partial charge in [0, 0.05) is 50.3 Å². The van der Waals surface area contributed by atoms with Crippen molar-refractivity contribution >= 4 is 15.8 Å². The Balaban J connectivity index is 1.46. The largest absolute Gasteiger partial charge is 0.295 e. The molecule has 3 heterocycles. The molecule has 0 unspecified atom stereocenters. The van der Waals surface area contributed by atoms with Gasteiger partial charge in [-0.1, -0.05) is 12.1 Å². The number of rotatable bonds is 4. The van der Waals surface area contributed by atoms with E-state index in [1.807, 2.05) is 36.6 Å².